The molecule has 0 unspecified atom stereocenters. The van der Waals surface area contributed by atoms with Crippen LogP contribution in [0.1, 0.15) is 26.2 Å². The zero-order valence-corrected chi connectivity index (χ0v) is 13.9. The van der Waals surface area contributed by atoms with Crippen LogP contribution < -0.4 is 4.74 Å². The Morgan fingerprint density at radius 3 is 2.57 bits per heavy atom. The van der Waals surface area contributed by atoms with Crippen LogP contribution in [0.15, 0.2) is 18.2 Å². The summed E-state index contributed by atoms with van der Waals surface area (Å²) in [5.74, 6) is 1.27. The van der Waals surface area contributed by atoms with Crippen molar-refractivity contribution in [1.29, 1.82) is 0 Å². The molecule has 1 N–H and O–H groups in total. The first-order valence-corrected chi connectivity index (χ1v) is 8.33. The van der Waals surface area contributed by atoms with Crippen LogP contribution in [0.4, 0.5) is 0 Å². The summed E-state index contributed by atoms with van der Waals surface area (Å²) in [6.07, 6.45) is 3.20. The van der Waals surface area contributed by atoms with E-state index in [0.717, 1.165) is 25.4 Å². The third-order valence-electron chi connectivity index (χ3n) is 3.56. The molecular formula is C16H23Cl2NO2. The highest BCUT2D eigenvalue weighted by Crippen LogP contribution is 2.32. The van der Waals surface area contributed by atoms with Gasteiger partial charge in [-0.3, -0.25) is 0 Å². The lowest BCUT2D eigenvalue weighted by molar-refractivity contribution is 0.0666. The highest BCUT2D eigenvalue weighted by molar-refractivity contribution is 6.37. The molecule has 21 heavy (non-hydrogen) atoms. The van der Waals surface area contributed by atoms with Gasteiger partial charge in [0.15, 0.2) is 5.75 Å². The number of benzene rings is 1. The number of para-hydroxylation sites is 1. The van der Waals surface area contributed by atoms with Crippen LogP contribution >= 0.6 is 23.2 Å². The highest BCUT2D eigenvalue weighted by atomic mass is 35.5. The van der Waals surface area contributed by atoms with Crippen molar-refractivity contribution in [2.75, 3.05) is 26.2 Å². The monoisotopic (exact) mass is 331 g/mol. The number of hydrogen-bond acceptors (Lipinski definition) is 3. The first-order valence-electron chi connectivity index (χ1n) is 7.57. The second kappa shape index (κ2) is 8.23. The molecule has 1 atom stereocenters. The largest absolute Gasteiger partial charge is 0.488 e. The van der Waals surface area contributed by atoms with Crippen LogP contribution in [0, 0.1) is 5.92 Å². The molecule has 3 nitrogen and oxygen atoms in total. The molecule has 0 spiro atoms. The van der Waals surface area contributed by atoms with Gasteiger partial charge in [-0.1, -0.05) is 36.2 Å². The summed E-state index contributed by atoms with van der Waals surface area (Å²) >= 11 is 12.1. The van der Waals surface area contributed by atoms with E-state index in [1.54, 1.807) is 18.2 Å². The van der Waals surface area contributed by atoms with Gasteiger partial charge in [-0.25, -0.2) is 0 Å². The predicted molar refractivity (Wildman–Crippen MR) is 87.4 cm³/mol. The Hall–Kier alpha value is -0.480. The Morgan fingerprint density at radius 1 is 1.33 bits per heavy atom. The van der Waals surface area contributed by atoms with E-state index < -0.39 is 6.10 Å². The van der Waals surface area contributed by atoms with E-state index >= 15 is 0 Å². The summed E-state index contributed by atoms with van der Waals surface area (Å²) in [5, 5.41) is 11.1. The van der Waals surface area contributed by atoms with Gasteiger partial charge >= 0.3 is 0 Å². The molecule has 5 heteroatoms. The van der Waals surface area contributed by atoms with E-state index in [0.29, 0.717) is 22.3 Å². The highest BCUT2D eigenvalue weighted by Gasteiger charge is 2.25. The fourth-order valence-corrected chi connectivity index (χ4v) is 2.90. The Morgan fingerprint density at radius 2 is 2.00 bits per heavy atom. The lowest BCUT2D eigenvalue weighted by Crippen LogP contribution is -2.37. The molecule has 1 aliphatic carbocycles. The summed E-state index contributed by atoms with van der Waals surface area (Å²) in [7, 11) is 0. The fraction of sp³-hybridized carbons (Fsp3) is 0.625. The minimum Gasteiger partial charge on any atom is -0.488 e. The first kappa shape index (κ1) is 16.9. The van der Waals surface area contributed by atoms with Gasteiger partial charge in [0, 0.05) is 13.1 Å². The van der Waals surface area contributed by atoms with Crippen molar-refractivity contribution >= 4 is 23.2 Å². The lowest BCUT2D eigenvalue weighted by atomic mass is 10.2. The number of ether oxygens (including phenoxy) is 1. The van der Waals surface area contributed by atoms with E-state index in [-0.39, 0.29) is 6.61 Å². The molecule has 1 aromatic rings. The molecule has 0 amide bonds. The number of aliphatic hydroxyl groups excluding tert-OH is 1. The summed E-state index contributed by atoms with van der Waals surface area (Å²) in [5.41, 5.74) is 0. The maximum atomic E-state index is 10.2. The average Bonchev–Trinajstić information content (AvgIpc) is 3.22. The molecule has 1 saturated carbocycles. The van der Waals surface area contributed by atoms with Crippen LogP contribution in [0.25, 0.3) is 0 Å². The van der Waals surface area contributed by atoms with Crippen molar-refractivity contribution < 1.29 is 9.84 Å². The molecule has 0 aromatic heterocycles. The van der Waals surface area contributed by atoms with Crippen molar-refractivity contribution in [2.24, 2.45) is 5.92 Å². The third kappa shape index (κ3) is 5.67. The van der Waals surface area contributed by atoms with Crippen molar-refractivity contribution in [1.82, 2.24) is 4.90 Å². The van der Waals surface area contributed by atoms with Crippen LogP contribution in [0.5, 0.6) is 5.75 Å². The van der Waals surface area contributed by atoms with Crippen molar-refractivity contribution in [3.63, 3.8) is 0 Å². The number of rotatable bonds is 9. The van der Waals surface area contributed by atoms with Crippen LogP contribution in [0.3, 0.4) is 0 Å². The normalized spacial score (nSPS) is 16.2. The number of aliphatic hydroxyl groups is 1. The van der Waals surface area contributed by atoms with Gasteiger partial charge in [-0.15, -0.1) is 0 Å². The van der Waals surface area contributed by atoms with Crippen LogP contribution in [-0.4, -0.2) is 42.4 Å². The summed E-state index contributed by atoms with van der Waals surface area (Å²) in [6, 6.07) is 5.23. The smallest absolute Gasteiger partial charge is 0.156 e. The Labute approximate surface area is 136 Å². The van der Waals surface area contributed by atoms with E-state index in [1.165, 1.54) is 12.8 Å². The molecule has 0 radical (unpaired) electrons. The molecule has 0 bridgehead atoms. The summed E-state index contributed by atoms with van der Waals surface area (Å²) in [6.45, 7) is 5.09. The molecule has 0 heterocycles. The molecule has 0 aliphatic heterocycles. The fourth-order valence-electron chi connectivity index (χ4n) is 2.39. The number of halogens is 2. The van der Waals surface area contributed by atoms with Gasteiger partial charge in [-0.2, -0.15) is 0 Å². The van der Waals surface area contributed by atoms with Gasteiger partial charge in [0.05, 0.1) is 10.0 Å². The summed E-state index contributed by atoms with van der Waals surface area (Å²) < 4.78 is 5.59. The van der Waals surface area contributed by atoms with Crippen LogP contribution in [0.2, 0.25) is 10.0 Å². The maximum Gasteiger partial charge on any atom is 0.156 e. The second-order valence-electron chi connectivity index (χ2n) is 5.72. The van der Waals surface area contributed by atoms with Crippen molar-refractivity contribution in [3.05, 3.63) is 28.2 Å². The molecule has 1 fully saturated rings. The zero-order valence-electron chi connectivity index (χ0n) is 12.4. The van der Waals surface area contributed by atoms with E-state index in [4.69, 9.17) is 27.9 Å². The quantitative estimate of drug-likeness (QED) is 0.745. The van der Waals surface area contributed by atoms with Crippen molar-refractivity contribution in [2.45, 2.75) is 32.3 Å². The Bertz CT molecular complexity index is 432. The van der Waals surface area contributed by atoms with Crippen LogP contribution in [-0.2, 0) is 0 Å². The van der Waals surface area contributed by atoms with Crippen molar-refractivity contribution in [3.8, 4) is 5.75 Å². The first-order chi connectivity index (χ1) is 10.1. The van der Waals surface area contributed by atoms with Gasteiger partial charge < -0.3 is 14.7 Å². The number of nitrogens with zero attached hydrogens (tertiary/aromatic N) is 1. The lowest BCUT2D eigenvalue weighted by Gasteiger charge is -2.24. The molecule has 118 valence electrons. The zero-order chi connectivity index (χ0) is 15.2. The van der Waals surface area contributed by atoms with E-state index in [9.17, 15) is 5.11 Å². The Kier molecular flexibility index (Phi) is 6.62. The predicted octanol–water partition coefficient (Wildman–Crippen LogP) is 3.86. The van der Waals surface area contributed by atoms with Gasteiger partial charge in [0.1, 0.15) is 12.7 Å². The molecular weight excluding hydrogens is 309 g/mol. The topological polar surface area (TPSA) is 32.7 Å². The molecule has 1 aliphatic rings. The minimum absolute atomic E-state index is 0.203. The minimum atomic E-state index is -0.539. The van der Waals surface area contributed by atoms with Gasteiger partial charge in [0.25, 0.3) is 0 Å². The molecule has 0 saturated heterocycles. The van der Waals surface area contributed by atoms with E-state index in [1.807, 2.05) is 0 Å². The van der Waals surface area contributed by atoms with Gasteiger partial charge in [-0.05, 0) is 43.9 Å². The standard InChI is InChI=1S/C16H23Cl2NO2/c1-2-8-19(9-12-6-7-12)10-13(20)11-21-16-14(17)4-3-5-15(16)18/h3-5,12-13,20H,2,6-11H2,1H3/t13-/m1/s1. The molecule has 2 rings (SSSR count). The molecule has 1 aromatic carbocycles. The number of hydrogen-bond donors (Lipinski definition) is 1. The third-order valence-corrected chi connectivity index (χ3v) is 4.16. The van der Waals surface area contributed by atoms with Gasteiger partial charge in [0.2, 0.25) is 0 Å². The SMILES string of the molecule is CCCN(CC1CC1)C[C@@H](O)COc1c(Cl)cccc1Cl. The second-order valence-corrected chi connectivity index (χ2v) is 6.53. The summed E-state index contributed by atoms with van der Waals surface area (Å²) in [4.78, 5) is 2.32. The van der Waals surface area contributed by atoms with E-state index in [2.05, 4.69) is 11.8 Å². The maximum absolute atomic E-state index is 10.2. The Balaban J connectivity index is 1.81. The average molecular weight is 332 g/mol.